The van der Waals surface area contributed by atoms with Crippen LogP contribution in [0.15, 0.2) is 24.3 Å². The third kappa shape index (κ3) is 4.05. The lowest BCUT2D eigenvalue weighted by atomic mass is 10.2. The van der Waals surface area contributed by atoms with E-state index in [0.717, 1.165) is 12.1 Å². The summed E-state index contributed by atoms with van der Waals surface area (Å²) < 4.78 is 4.88. The van der Waals surface area contributed by atoms with E-state index in [-0.39, 0.29) is 5.69 Å². The van der Waals surface area contributed by atoms with Crippen molar-refractivity contribution in [3.63, 3.8) is 0 Å². The minimum Gasteiger partial charge on any atom is -0.383 e. The first kappa shape index (κ1) is 11.6. The molecule has 0 spiro atoms. The van der Waals surface area contributed by atoms with Crippen molar-refractivity contribution in [1.29, 1.82) is 0 Å². The Bertz CT molecular complexity index is 311. The molecule has 1 rings (SSSR count). The van der Waals surface area contributed by atoms with E-state index in [4.69, 9.17) is 4.74 Å². The minimum absolute atomic E-state index is 0.121. The number of benzene rings is 1. The summed E-state index contributed by atoms with van der Waals surface area (Å²) in [4.78, 5) is 9.98. The van der Waals surface area contributed by atoms with Gasteiger partial charge >= 0.3 is 0 Å². The average molecular weight is 210 g/mol. The Morgan fingerprint density at radius 3 is 2.60 bits per heavy atom. The number of nitro benzene ring substituents is 1. The fourth-order valence-electron chi connectivity index (χ4n) is 1.14. The van der Waals surface area contributed by atoms with Crippen LogP contribution in [0.25, 0.3) is 0 Å². The number of non-ortho nitro benzene ring substituents is 1. The molecule has 15 heavy (non-hydrogen) atoms. The van der Waals surface area contributed by atoms with Crippen LogP contribution in [-0.2, 0) is 11.3 Å². The largest absolute Gasteiger partial charge is 0.383 e. The maximum Gasteiger partial charge on any atom is 0.269 e. The molecule has 0 aliphatic rings. The number of nitro groups is 1. The van der Waals surface area contributed by atoms with Crippen molar-refractivity contribution in [1.82, 2.24) is 5.32 Å². The van der Waals surface area contributed by atoms with Crippen LogP contribution in [0.3, 0.4) is 0 Å². The minimum atomic E-state index is -0.401. The van der Waals surface area contributed by atoms with Gasteiger partial charge in [-0.25, -0.2) is 0 Å². The number of methoxy groups -OCH3 is 1. The number of ether oxygens (including phenoxy) is 1. The highest BCUT2D eigenvalue weighted by atomic mass is 16.6. The summed E-state index contributed by atoms with van der Waals surface area (Å²) in [6.07, 6.45) is 0. The molecular weight excluding hydrogens is 196 g/mol. The summed E-state index contributed by atoms with van der Waals surface area (Å²) in [6, 6.07) is 6.51. The smallest absolute Gasteiger partial charge is 0.269 e. The second-order valence-corrected chi connectivity index (χ2v) is 3.09. The van der Waals surface area contributed by atoms with Crippen LogP contribution in [0.1, 0.15) is 5.56 Å². The van der Waals surface area contributed by atoms with Crippen molar-refractivity contribution in [2.75, 3.05) is 20.3 Å². The lowest BCUT2D eigenvalue weighted by Crippen LogP contribution is -2.18. The molecule has 0 aromatic heterocycles. The van der Waals surface area contributed by atoms with E-state index >= 15 is 0 Å². The Kier molecular flexibility index (Phi) is 4.73. The van der Waals surface area contributed by atoms with Gasteiger partial charge in [-0.3, -0.25) is 10.1 Å². The molecule has 0 atom stereocenters. The summed E-state index contributed by atoms with van der Waals surface area (Å²) in [5, 5.41) is 13.5. The molecule has 0 fully saturated rings. The van der Waals surface area contributed by atoms with Gasteiger partial charge in [-0.1, -0.05) is 12.1 Å². The van der Waals surface area contributed by atoms with Crippen molar-refractivity contribution < 1.29 is 9.66 Å². The van der Waals surface area contributed by atoms with Crippen molar-refractivity contribution in [2.24, 2.45) is 0 Å². The Morgan fingerprint density at radius 2 is 2.07 bits per heavy atom. The van der Waals surface area contributed by atoms with Crippen LogP contribution in [0, 0.1) is 10.1 Å². The maximum atomic E-state index is 10.4. The molecule has 82 valence electrons. The van der Waals surface area contributed by atoms with E-state index in [1.165, 1.54) is 12.1 Å². The molecule has 0 bridgehead atoms. The van der Waals surface area contributed by atoms with Gasteiger partial charge in [0.1, 0.15) is 0 Å². The zero-order valence-electron chi connectivity index (χ0n) is 8.60. The topological polar surface area (TPSA) is 64.4 Å². The standard InChI is InChI=1S/C10H14N2O3/c1-15-7-6-11-8-9-2-4-10(5-3-9)12(13)14/h2-5,11H,6-8H2,1H3. The first-order chi connectivity index (χ1) is 7.24. The van der Waals surface area contributed by atoms with Crippen molar-refractivity contribution >= 4 is 5.69 Å². The van der Waals surface area contributed by atoms with E-state index in [0.29, 0.717) is 13.2 Å². The highest BCUT2D eigenvalue weighted by molar-refractivity contribution is 5.32. The normalized spacial score (nSPS) is 10.2. The van der Waals surface area contributed by atoms with Gasteiger partial charge in [0.15, 0.2) is 0 Å². The average Bonchev–Trinajstić information content (AvgIpc) is 2.25. The maximum absolute atomic E-state index is 10.4. The van der Waals surface area contributed by atoms with Gasteiger partial charge in [0.25, 0.3) is 5.69 Å². The molecule has 1 aromatic carbocycles. The molecule has 1 aromatic rings. The molecule has 0 aliphatic heterocycles. The molecule has 0 amide bonds. The van der Waals surface area contributed by atoms with Crippen molar-refractivity contribution in [3.8, 4) is 0 Å². The van der Waals surface area contributed by atoms with Gasteiger partial charge < -0.3 is 10.1 Å². The molecule has 5 nitrogen and oxygen atoms in total. The van der Waals surface area contributed by atoms with Gasteiger partial charge in [-0.05, 0) is 5.56 Å². The lowest BCUT2D eigenvalue weighted by Gasteiger charge is -2.03. The van der Waals surface area contributed by atoms with Gasteiger partial charge in [0.2, 0.25) is 0 Å². The van der Waals surface area contributed by atoms with Crippen molar-refractivity contribution in [3.05, 3.63) is 39.9 Å². The molecule has 0 unspecified atom stereocenters. The van der Waals surface area contributed by atoms with Crippen LogP contribution < -0.4 is 5.32 Å². The molecule has 0 saturated carbocycles. The first-order valence-corrected chi connectivity index (χ1v) is 4.67. The summed E-state index contributed by atoms with van der Waals surface area (Å²) in [6.45, 7) is 2.13. The van der Waals surface area contributed by atoms with Gasteiger partial charge in [0, 0.05) is 32.3 Å². The number of nitrogens with zero attached hydrogens (tertiary/aromatic N) is 1. The monoisotopic (exact) mass is 210 g/mol. The second-order valence-electron chi connectivity index (χ2n) is 3.09. The molecule has 1 N–H and O–H groups in total. The predicted molar refractivity (Wildman–Crippen MR) is 56.7 cm³/mol. The Hall–Kier alpha value is -1.46. The lowest BCUT2D eigenvalue weighted by molar-refractivity contribution is -0.384. The van der Waals surface area contributed by atoms with Crippen molar-refractivity contribution in [2.45, 2.75) is 6.54 Å². The molecule has 5 heteroatoms. The highest BCUT2D eigenvalue weighted by Crippen LogP contribution is 2.11. The van der Waals surface area contributed by atoms with Crippen LogP contribution in [0.5, 0.6) is 0 Å². The molecule has 0 saturated heterocycles. The van der Waals surface area contributed by atoms with Crippen LogP contribution in [-0.4, -0.2) is 25.2 Å². The van der Waals surface area contributed by atoms with E-state index < -0.39 is 4.92 Å². The van der Waals surface area contributed by atoms with Gasteiger partial charge in [0.05, 0.1) is 11.5 Å². The van der Waals surface area contributed by atoms with Crippen LogP contribution in [0.2, 0.25) is 0 Å². The Labute approximate surface area is 88.2 Å². The highest BCUT2D eigenvalue weighted by Gasteiger charge is 2.02. The Balaban J connectivity index is 2.39. The summed E-state index contributed by atoms with van der Waals surface area (Å²) >= 11 is 0. The zero-order chi connectivity index (χ0) is 11.1. The van der Waals surface area contributed by atoms with Crippen LogP contribution in [0.4, 0.5) is 5.69 Å². The number of nitrogens with one attached hydrogen (secondary N) is 1. The predicted octanol–water partition coefficient (Wildman–Crippen LogP) is 1.33. The van der Waals surface area contributed by atoms with Gasteiger partial charge in [-0.15, -0.1) is 0 Å². The van der Waals surface area contributed by atoms with E-state index in [1.807, 2.05) is 0 Å². The molecule has 0 aliphatic carbocycles. The molecular formula is C10H14N2O3. The first-order valence-electron chi connectivity index (χ1n) is 4.67. The Morgan fingerprint density at radius 1 is 1.40 bits per heavy atom. The van der Waals surface area contributed by atoms with Crippen LogP contribution >= 0.6 is 0 Å². The fourth-order valence-corrected chi connectivity index (χ4v) is 1.14. The third-order valence-electron chi connectivity index (χ3n) is 1.96. The number of hydrogen-bond donors (Lipinski definition) is 1. The second kappa shape index (κ2) is 6.10. The summed E-state index contributed by atoms with van der Waals surface area (Å²) in [7, 11) is 1.65. The summed E-state index contributed by atoms with van der Waals surface area (Å²) in [5.41, 5.74) is 1.15. The zero-order valence-corrected chi connectivity index (χ0v) is 8.60. The van der Waals surface area contributed by atoms with E-state index in [1.54, 1.807) is 19.2 Å². The number of hydrogen-bond acceptors (Lipinski definition) is 4. The molecule has 0 radical (unpaired) electrons. The number of rotatable bonds is 6. The van der Waals surface area contributed by atoms with Gasteiger partial charge in [-0.2, -0.15) is 0 Å². The van der Waals surface area contributed by atoms with E-state index in [9.17, 15) is 10.1 Å². The fraction of sp³-hybridized carbons (Fsp3) is 0.400. The summed E-state index contributed by atoms with van der Waals surface area (Å²) in [5.74, 6) is 0. The quantitative estimate of drug-likeness (QED) is 0.437. The SMILES string of the molecule is COCCNCc1ccc([N+](=O)[O-])cc1. The van der Waals surface area contributed by atoms with E-state index in [2.05, 4.69) is 5.32 Å². The molecule has 0 heterocycles. The third-order valence-corrected chi connectivity index (χ3v) is 1.96.